The van der Waals surface area contributed by atoms with Gasteiger partial charge >= 0.3 is 0 Å². The number of aromatic nitrogens is 1. The van der Waals surface area contributed by atoms with Crippen LogP contribution in [0.2, 0.25) is 0 Å². The first-order valence-electron chi connectivity index (χ1n) is 12.4. The van der Waals surface area contributed by atoms with E-state index in [1.165, 1.54) is 27.4 Å². The number of hydrogen-bond donors (Lipinski definition) is 1. The molecule has 0 saturated carbocycles. The maximum Gasteiger partial charge on any atom is 0.170 e. The van der Waals surface area contributed by atoms with Crippen molar-refractivity contribution >= 4 is 32.6 Å². The Hall–Kier alpha value is -5.02. The molecule has 37 heavy (non-hydrogen) atoms. The molecular formula is C34H21NO2. The molecule has 7 aromatic rings. The maximum atomic E-state index is 6.28. The van der Waals surface area contributed by atoms with E-state index >= 15 is 0 Å². The molecule has 0 fully saturated rings. The lowest BCUT2D eigenvalue weighted by atomic mass is 9.99. The summed E-state index contributed by atoms with van der Waals surface area (Å²) < 4.78 is 12.5. The van der Waals surface area contributed by atoms with Crippen LogP contribution in [0.15, 0.2) is 121 Å². The molecule has 174 valence electrons. The first-order chi connectivity index (χ1) is 18.3. The van der Waals surface area contributed by atoms with E-state index in [9.17, 15) is 0 Å². The number of ether oxygens (including phenoxy) is 2. The van der Waals surface area contributed by atoms with Crippen LogP contribution in [0, 0.1) is 0 Å². The van der Waals surface area contributed by atoms with E-state index in [4.69, 9.17) is 9.47 Å². The molecule has 1 N–H and O–H groups in total. The summed E-state index contributed by atoms with van der Waals surface area (Å²) in [5.74, 6) is 2.95. The van der Waals surface area contributed by atoms with Gasteiger partial charge in [0, 0.05) is 21.8 Å². The van der Waals surface area contributed by atoms with Crippen LogP contribution in [0.5, 0.6) is 23.0 Å². The van der Waals surface area contributed by atoms with Crippen LogP contribution in [-0.2, 0) is 0 Å². The predicted molar refractivity (Wildman–Crippen MR) is 151 cm³/mol. The van der Waals surface area contributed by atoms with Crippen molar-refractivity contribution in [1.82, 2.24) is 4.98 Å². The number of nitrogens with one attached hydrogen (secondary N) is 1. The summed E-state index contributed by atoms with van der Waals surface area (Å²) in [4.78, 5) is 3.51. The third-order valence-electron chi connectivity index (χ3n) is 7.25. The minimum atomic E-state index is 0.731. The predicted octanol–water partition coefficient (Wildman–Crippen LogP) is 9.71. The van der Waals surface area contributed by atoms with Crippen molar-refractivity contribution in [2.45, 2.75) is 0 Å². The molecule has 0 amide bonds. The van der Waals surface area contributed by atoms with Crippen molar-refractivity contribution in [2.24, 2.45) is 0 Å². The first-order valence-corrected chi connectivity index (χ1v) is 12.4. The fourth-order valence-corrected chi connectivity index (χ4v) is 5.33. The molecule has 8 rings (SSSR count). The Morgan fingerprint density at radius 3 is 1.68 bits per heavy atom. The lowest BCUT2D eigenvalue weighted by molar-refractivity contribution is 0.360. The van der Waals surface area contributed by atoms with Crippen molar-refractivity contribution in [1.29, 1.82) is 0 Å². The van der Waals surface area contributed by atoms with Crippen LogP contribution < -0.4 is 9.47 Å². The van der Waals surface area contributed by atoms with Gasteiger partial charge in [-0.15, -0.1) is 0 Å². The standard InChI is InChI=1S/C34H21NO2/c1-2-6-24-19-34-33(18-23(24)5-1)36-31-16-14-26(20-32(31)37-34)22-11-9-21(10-12-22)25-13-15-30-28(17-25)27-7-3-4-8-29(27)35-30/h1-20,35H. The highest BCUT2D eigenvalue weighted by Crippen LogP contribution is 2.48. The number of rotatable bonds is 2. The monoisotopic (exact) mass is 475 g/mol. The second-order valence-corrected chi connectivity index (χ2v) is 9.52. The molecule has 3 heteroatoms. The smallest absolute Gasteiger partial charge is 0.170 e. The third kappa shape index (κ3) is 3.29. The zero-order valence-corrected chi connectivity index (χ0v) is 19.9. The van der Waals surface area contributed by atoms with Gasteiger partial charge in [0.1, 0.15) is 0 Å². The zero-order chi connectivity index (χ0) is 24.3. The molecule has 0 bridgehead atoms. The summed E-state index contributed by atoms with van der Waals surface area (Å²) in [5, 5.41) is 4.76. The Kier molecular flexibility index (Phi) is 4.23. The Morgan fingerprint density at radius 1 is 0.378 bits per heavy atom. The van der Waals surface area contributed by atoms with Crippen molar-refractivity contribution in [3.8, 4) is 45.3 Å². The van der Waals surface area contributed by atoms with Crippen LogP contribution in [0.3, 0.4) is 0 Å². The Labute approximate surface area is 213 Å². The quantitative estimate of drug-likeness (QED) is 0.270. The van der Waals surface area contributed by atoms with Gasteiger partial charge in [-0.3, -0.25) is 0 Å². The van der Waals surface area contributed by atoms with Gasteiger partial charge in [0.25, 0.3) is 0 Å². The van der Waals surface area contributed by atoms with E-state index < -0.39 is 0 Å². The Morgan fingerprint density at radius 2 is 0.919 bits per heavy atom. The molecule has 1 aliphatic rings. The fraction of sp³-hybridized carbons (Fsp3) is 0. The second kappa shape index (κ2) is 7.74. The molecule has 0 radical (unpaired) electrons. The van der Waals surface area contributed by atoms with E-state index in [2.05, 4.69) is 96.0 Å². The molecule has 3 nitrogen and oxygen atoms in total. The molecule has 2 heterocycles. The summed E-state index contributed by atoms with van der Waals surface area (Å²) in [7, 11) is 0. The second-order valence-electron chi connectivity index (χ2n) is 9.52. The topological polar surface area (TPSA) is 34.2 Å². The van der Waals surface area contributed by atoms with Crippen LogP contribution >= 0.6 is 0 Å². The minimum Gasteiger partial charge on any atom is -0.449 e. The lowest BCUT2D eigenvalue weighted by Crippen LogP contribution is -1.99. The van der Waals surface area contributed by atoms with Crippen molar-refractivity contribution in [2.75, 3.05) is 0 Å². The summed E-state index contributed by atoms with van der Waals surface area (Å²) in [6.45, 7) is 0. The molecule has 6 aromatic carbocycles. The summed E-state index contributed by atoms with van der Waals surface area (Å²) in [6, 6.07) is 42.2. The number of H-pyrrole nitrogens is 1. The molecule has 0 spiro atoms. The molecule has 1 aliphatic heterocycles. The van der Waals surface area contributed by atoms with Crippen LogP contribution in [-0.4, -0.2) is 4.98 Å². The van der Waals surface area contributed by atoms with Crippen LogP contribution in [0.1, 0.15) is 0 Å². The number of fused-ring (bicyclic) bond motifs is 6. The van der Waals surface area contributed by atoms with Gasteiger partial charge in [0.15, 0.2) is 23.0 Å². The molecule has 0 saturated heterocycles. The highest BCUT2D eigenvalue weighted by Gasteiger charge is 2.20. The molecule has 1 aromatic heterocycles. The lowest BCUT2D eigenvalue weighted by Gasteiger charge is -2.22. The molecule has 0 atom stereocenters. The van der Waals surface area contributed by atoms with E-state index in [0.717, 1.165) is 50.4 Å². The Bertz CT molecular complexity index is 1980. The Balaban J connectivity index is 1.12. The molecule has 0 aliphatic carbocycles. The highest BCUT2D eigenvalue weighted by atomic mass is 16.6. The van der Waals surface area contributed by atoms with Gasteiger partial charge in [-0.05, 0) is 75.5 Å². The van der Waals surface area contributed by atoms with Gasteiger partial charge in [-0.1, -0.05) is 78.9 Å². The van der Waals surface area contributed by atoms with E-state index in [1.807, 2.05) is 30.3 Å². The van der Waals surface area contributed by atoms with Gasteiger partial charge < -0.3 is 14.5 Å². The number of para-hydroxylation sites is 1. The first kappa shape index (κ1) is 20.2. The van der Waals surface area contributed by atoms with Gasteiger partial charge in [-0.2, -0.15) is 0 Å². The summed E-state index contributed by atoms with van der Waals surface area (Å²) >= 11 is 0. The minimum absolute atomic E-state index is 0.731. The van der Waals surface area contributed by atoms with Crippen molar-refractivity contribution in [3.63, 3.8) is 0 Å². The number of aromatic amines is 1. The fourth-order valence-electron chi connectivity index (χ4n) is 5.33. The van der Waals surface area contributed by atoms with Crippen LogP contribution in [0.25, 0.3) is 54.8 Å². The van der Waals surface area contributed by atoms with Gasteiger partial charge in [-0.25, -0.2) is 0 Å². The van der Waals surface area contributed by atoms with E-state index in [-0.39, 0.29) is 0 Å². The molecular weight excluding hydrogens is 454 g/mol. The van der Waals surface area contributed by atoms with Crippen LogP contribution in [0.4, 0.5) is 0 Å². The normalized spacial score (nSPS) is 12.2. The zero-order valence-electron chi connectivity index (χ0n) is 19.9. The highest BCUT2D eigenvalue weighted by molar-refractivity contribution is 6.08. The van der Waals surface area contributed by atoms with Gasteiger partial charge in [0.05, 0.1) is 0 Å². The SMILES string of the molecule is c1ccc2cc3c(cc2c1)Oc1ccc(-c2ccc(-c4ccc5[nH]c6ccccc6c5c4)cc2)cc1O3. The van der Waals surface area contributed by atoms with Crippen molar-refractivity contribution < 1.29 is 9.47 Å². The number of benzene rings is 6. The number of hydrogen-bond acceptors (Lipinski definition) is 2. The molecule has 0 unspecified atom stereocenters. The largest absolute Gasteiger partial charge is 0.449 e. The van der Waals surface area contributed by atoms with Crippen molar-refractivity contribution in [3.05, 3.63) is 121 Å². The third-order valence-corrected chi connectivity index (χ3v) is 7.25. The van der Waals surface area contributed by atoms with E-state index in [0.29, 0.717) is 0 Å². The van der Waals surface area contributed by atoms with E-state index in [1.54, 1.807) is 0 Å². The summed E-state index contributed by atoms with van der Waals surface area (Å²) in [5.41, 5.74) is 6.94. The maximum absolute atomic E-state index is 6.28. The average Bonchev–Trinajstić information content (AvgIpc) is 3.33. The average molecular weight is 476 g/mol. The summed E-state index contributed by atoms with van der Waals surface area (Å²) in [6.07, 6.45) is 0. The van der Waals surface area contributed by atoms with Gasteiger partial charge in [0.2, 0.25) is 0 Å².